The summed E-state index contributed by atoms with van der Waals surface area (Å²) in [6.07, 6.45) is 2.45. The Kier molecular flexibility index (Phi) is 5.21. The van der Waals surface area contributed by atoms with E-state index in [0.717, 1.165) is 6.26 Å². The van der Waals surface area contributed by atoms with E-state index < -0.39 is 15.9 Å². The van der Waals surface area contributed by atoms with Crippen molar-refractivity contribution in [3.05, 3.63) is 27.7 Å². The highest BCUT2D eigenvalue weighted by Gasteiger charge is 2.28. The Morgan fingerprint density at radius 1 is 1.41 bits per heavy atom. The van der Waals surface area contributed by atoms with Gasteiger partial charge in [0.2, 0.25) is 10.0 Å². The predicted octanol–water partition coefficient (Wildman–Crippen LogP) is 1.85. The predicted molar refractivity (Wildman–Crippen MR) is 85.0 cm³/mol. The molecule has 0 radical (unpaired) electrons. The molecule has 1 atom stereocenters. The van der Waals surface area contributed by atoms with E-state index in [9.17, 15) is 18.3 Å². The summed E-state index contributed by atoms with van der Waals surface area (Å²) in [5.41, 5.74) is -0.0671. The topological polar surface area (TPSA) is 86.7 Å². The number of carbonyl (C=O) groups excluding carboxylic acids is 1. The number of amides is 1. The molecule has 0 aliphatic carbocycles. The van der Waals surface area contributed by atoms with E-state index in [2.05, 4.69) is 5.32 Å². The minimum absolute atomic E-state index is 0.0401. The third-order valence-electron chi connectivity index (χ3n) is 3.45. The summed E-state index contributed by atoms with van der Waals surface area (Å²) in [7, 11) is -3.29. The zero-order valence-electron chi connectivity index (χ0n) is 11.8. The molecule has 122 valence electrons. The van der Waals surface area contributed by atoms with E-state index in [-0.39, 0.29) is 33.9 Å². The Balaban J connectivity index is 2.13. The Hall–Kier alpha value is -1.02. The molecular formula is C13H16Cl2N2O4S. The first-order valence-corrected chi connectivity index (χ1v) is 9.23. The average molecular weight is 367 g/mol. The molecule has 2 rings (SSSR count). The first-order valence-electron chi connectivity index (χ1n) is 6.62. The standard InChI is InChI=1S/C13H16Cl2N2O4S/c1-22(20,21)17-4-2-3-9(7-17)16-13(19)12-10(15)5-8(14)6-11(12)18/h5-6,9,18H,2-4,7H2,1H3,(H,16,19). The van der Waals surface area contributed by atoms with E-state index in [1.807, 2.05) is 0 Å². The summed E-state index contributed by atoms with van der Waals surface area (Å²) in [6, 6.07) is 2.26. The van der Waals surface area contributed by atoms with Gasteiger partial charge in [0.15, 0.2) is 0 Å². The van der Waals surface area contributed by atoms with Crippen molar-refractivity contribution < 1.29 is 18.3 Å². The fourth-order valence-electron chi connectivity index (χ4n) is 2.40. The minimum Gasteiger partial charge on any atom is -0.507 e. The molecule has 0 aromatic heterocycles. The van der Waals surface area contributed by atoms with Gasteiger partial charge in [0, 0.05) is 24.2 Å². The van der Waals surface area contributed by atoms with E-state index in [4.69, 9.17) is 23.2 Å². The van der Waals surface area contributed by atoms with Gasteiger partial charge in [-0.3, -0.25) is 4.79 Å². The Morgan fingerprint density at radius 3 is 2.68 bits per heavy atom. The number of halogens is 2. The lowest BCUT2D eigenvalue weighted by molar-refractivity contribution is 0.0919. The number of nitrogens with one attached hydrogen (secondary N) is 1. The normalized spacial score (nSPS) is 19.9. The third-order valence-corrected chi connectivity index (χ3v) is 5.24. The fourth-order valence-corrected chi connectivity index (χ4v) is 3.88. The SMILES string of the molecule is CS(=O)(=O)N1CCCC(NC(=O)c2c(O)cc(Cl)cc2Cl)C1. The Morgan fingerprint density at radius 2 is 2.09 bits per heavy atom. The lowest BCUT2D eigenvalue weighted by Gasteiger charge is -2.31. The molecule has 6 nitrogen and oxygen atoms in total. The molecule has 1 aromatic rings. The van der Waals surface area contributed by atoms with Gasteiger partial charge in [0.25, 0.3) is 5.91 Å². The highest BCUT2D eigenvalue weighted by atomic mass is 35.5. The molecule has 0 saturated carbocycles. The van der Waals surface area contributed by atoms with E-state index in [0.29, 0.717) is 19.4 Å². The molecule has 0 spiro atoms. The number of carbonyl (C=O) groups is 1. The lowest BCUT2D eigenvalue weighted by atomic mass is 10.1. The van der Waals surface area contributed by atoms with Crippen LogP contribution in [0.2, 0.25) is 10.0 Å². The number of phenolic OH excluding ortho intramolecular Hbond substituents is 1. The van der Waals surface area contributed by atoms with Crippen LogP contribution in [0.1, 0.15) is 23.2 Å². The molecule has 1 aromatic carbocycles. The smallest absolute Gasteiger partial charge is 0.256 e. The molecule has 1 fully saturated rings. The Labute approximate surface area is 139 Å². The number of rotatable bonds is 3. The maximum absolute atomic E-state index is 12.3. The van der Waals surface area contributed by atoms with E-state index in [1.54, 1.807) is 0 Å². The number of phenols is 1. The summed E-state index contributed by atoms with van der Waals surface area (Å²) in [5.74, 6) is -0.870. The van der Waals surface area contributed by atoms with Crippen molar-refractivity contribution in [2.45, 2.75) is 18.9 Å². The van der Waals surface area contributed by atoms with Crippen molar-refractivity contribution in [3.8, 4) is 5.75 Å². The second kappa shape index (κ2) is 6.62. The van der Waals surface area contributed by atoms with Crippen LogP contribution < -0.4 is 5.32 Å². The quantitative estimate of drug-likeness (QED) is 0.854. The molecule has 2 N–H and O–H groups in total. The second-order valence-corrected chi connectivity index (χ2v) is 8.04. The summed E-state index contributed by atoms with van der Waals surface area (Å²) < 4.78 is 24.5. The van der Waals surface area contributed by atoms with Gasteiger partial charge >= 0.3 is 0 Å². The van der Waals surface area contributed by atoms with Crippen LogP contribution in [0.5, 0.6) is 5.75 Å². The maximum atomic E-state index is 12.3. The van der Waals surface area contributed by atoms with Crippen molar-refractivity contribution in [2.75, 3.05) is 19.3 Å². The summed E-state index contributed by atoms with van der Waals surface area (Å²) in [5, 5.41) is 12.8. The highest BCUT2D eigenvalue weighted by molar-refractivity contribution is 7.88. The molecule has 1 heterocycles. The highest BCUT2D eigenvalue weighted by Crippen LogP contribution is 2.30. The molecule has 9 heteroatoms. The van der Waals surface area contributed by atoms with Gasteiger partial charge < -0.3 is 10.4 Å². The van der Waals surface area contributed by atoms with Gasteiger partial charge in [0.1, 0.15) is 5.75 Å². The number of piperidine rings is 1. The van der Waals surface area contributed by atoms with Crippen LogP contribution in [0.4, 0.5) is 0 Å². The zero-order valence-corrected chi connectivity index (χ0v) is 14.2. The number of sulfonamides is 1. The van der Waals surface area contributed by atoms with E-state index >= 15 is 0 Å². The van der Waals surface area contributed by atoms with Gasteiger partial charge in [-0.15, -0.1) is 0 Å². The van der Waals surface area contributed by atoms with Crippen molar-refractivity contribution in [2.24, 2.45) is 0 Å². The molecule has 1 saturated heterocycles. The van der Waals surface area contributed by atoms with Crippen molar-refractivity contribution in [3.63, 3.8) is 0 Å². The van der Waals surface area contributed by atoms with Crippen LogP contribution in [0.15, 0.2) is 12.1 Å². The number of hydrogen-bond acceptors (Lipinski definition) is 4. The lowest BCUT2D eigenvalue weighted by Crippen LogP contribution is -2.49. The third kappa shape index (κ3) is 4.04. The minimum atomic E-state index is -3.29. The molecular weight excluding hydrogens is 351 g/mol. The van der Waals surface area contributed by atoms with Gasteiger partial charge in [-0.05, 0) is 25.0 Å². The van der Waals surface area contributed by atoms with Gasteiger partial charge in [-0.2, -0.15) is 0 Å². The summed E-state index contributed by atoms with van der Waals surface area (Å²) in [4.78, 5) is 12.3. The van der Waals surface area contributed by atoms with Crippen LogP contribution in [0, 0.1) is 0 Å². The van der Waals surface area contributed by atoms with Gasteiger partial charge in [-0.1, -0.05) is 23.2 Å². The van der Waals surface area contributed by atoms with Crippen molar-refractivity contribution >= 4 is 39.1 Å². The van der Waals surface area contributed by atoms with Crippen molar-refractivity contribution in [1.29, 1.82) is 0 Å². The first kappa shape index (κ1) is 17.3. The van der Waals surface area contributed by atoms with Crippen molar-refractivity contribution in [1.82, 2.24) is 9.62 Å². The van der Waals surface area contributed by atoms with Crippen LogP contribution in [0.25, 0.3) is 0 Å². The molecule has 1 aliphatic heterocycles. The van der Waals surface area contributed by atoms with Crippen LogP contribution in [0.3, 0.4) is 0 Å². The second-order valence-electron chi connectivity index (χ2n) is 5.22. The molecule has 1 amide bonds. The number of hydrogen-bond donors (Lipinski definition) is 2. The van der Waals surface area contributed by atoms with Crippen LogP contribution >= 0.6 is 23.2 Å². The Bertz CT molecular complexity index is 670. The largest absolute Gasteiger partial charge is 0.507 e. The fraction of sp³-hybridized carbons (Fsp3) is 0.462. The molecule has 1 aliphatic rings. The number of aromatic hydroxyl groups is 1. The van der Waals surface area contributed by atoms with Crippen LogP contribution in [-0.2, 0) is 10.0 Å². The number of nitrogens with zero attached hydrogens (tertiary/aromatic N) is 1. The first-order chi connectivity index (χ1) is 10.2. The zero-order chi connectivity index (χ0) is 16.5. The van der Waals surface area contributed by atoms with Gasteiger partial charge in [-0.25, -0.2) is 12.7 Å². The number of benzene rings is 1. The summed E-state index contributed by atoms with van der Waals surface area (Å²) >= 11 is 11.7. The summed E-state index contributed by atoms with van der Waals surface area (Å²) in [6.45, 7) is 0.648. The van der Waals surface area contributed by atoms with E-state index in [1.165, 1.54) is 16.4 Å². The molecule has 0 bridgehead atoms. The molecule has 22 heavy (non-hydrogen) atoms. The average Bonchev–Trinajstić information content (AvgIpc) is 2.36. The maximum Gasteiger partial charge on any atom is 0.256 e. The van der Waals surface area contributed by atoms with Gasteiger partial charge in [0.05, 0.1) is 16.8 Å². The van der Waals surface area contributed by atoms with Crippen LogP contribution in [-0.4, -0.2) is 49.1 Å². The molecule has 1 unspecified atom stereocenters. The monoisotopic (exact) mass is 366 g/mol.